The summed E-state index contributed by atoms with van der Waals surface area (Å²) in [6, 6.07) is 26.9. The van der Waals surface area contributed by atoms with Crippen molar-refractivity contribution in [3.8, 4) is 5.75 Å². The third-order valence-electron chi connectivity index (χ3n) is 2.82. The first-order chi connectivity index (χ1) is 13.2. The Labute approximate surface area is 194 Å². The van der Waals surface area contributed by atoms with E-state index in [-0.39, 0.29) is 11.3 Å². The van der Waals surface area contributed by atoms with Crippen LogP contribution in [-0.4, -0.2) is 26.5 Å². The quantitative estimate of drug-likeness (QED) is 0.200. The van der Waals surface area contributed by atoms with E-state index in [4.69, 9.17) is 25.5 Å². The van der Waals surface area contributed by atoms with E-state index in [1.54, 1.807) is 12.1 Å². The zero-order chi connectivity index (χ0) is 21.4. The van der Waals surface area contributed by atoms with Gasteiger partial charge in [-0.15, -0.1) is 10.1 Å². The number of nitrogens with zero attached hydrogens (tertiary/aromatic N) is 1. The van der Waals surface area contributed by atoms with Gasteiger partial charge in [0.15, 0.2) is 0 Å². The van der Waals surface area contributed by atoms with Crippen molar-refractivity contribution in [3.63, 3.8) is 0 Å². The number of aromatic carboxylic acids is 1. The van der Waals surface area contributed by atoms with Crippen LogP contribution in [0.5, 0.6) is 5.75 Å². The maximum absolute atomic E-state index is 10.3. The predicted molar refractivity (Wildman–Crippen MR) is 96.0 cm³/mol. The molecule has 0 aliphatic rings. The Bertz CT molecular complexity index is 791. The van der Waals surface area contributed by atoms with Crippen molar-refractivity contribution >= 4 is 12.1 Å². The summed E-state index contributed by atoms with van der Waals surface area (Å²) in [5.74, 6) is -1.31. The molecule has 0 saturated carbocycles. The molecule has 0 amide bonds. The fourth-order valence-corrected chi connectivity index (χ4v) is 3.73. The summed E-state index contributed by atoms with van der Waals surface area (Å²) in [6.45, 7) is 0. The number of para-hydroxylation sites is 1. The first-order valence-electron chi connectivity index (χ1n) is 7.82. The van der Waals surface area contributed by atoms with Crippen molar-refractivity contribution in [2.24, 2.45) is 0 Å². The third kappa shape index (κ3) is 15.1. The molecule has 0 heterocycles. The number of phenols is 1. The minimum atomic E-state index is -1.50. The van der Waals surface area contributed by atoms with Crippen molar-refractivity contribution in [3.05, 3.63) is 101 Å². The number of hydrogen-bond donors (Lipinski definition) is 3. The summed E-state index contributed by atoms with van der Waals surface area (Å²) < 4.78 is 3.03. The molecule has 3 aromatic rings. The average Bonchev–Trinajstić information content (AvgIpc) is 2.64. The molecular weight excluding hydrogens is 739 g/mol. The predicted octanol–water partition coefficient (Wildman–Crippen LogP) is 2.46. The molecule has 28 heavy (non-hydrogen) atoms. The van der Waals surface area contributed by atoms with Crippen molar-refractivity contribution < 1.29 is 77.5 Å². The Morgan fingerprint density at radius 3 is 1.32 bits per heavy atom. The molecule has 0 fully saturated rings. The number of rotatable bonds is 1. The molecule has 0 bridgehead atoms. The van der Waals surface area contributed by atoms with Crippen LogP contribution in [0.15, 0.2) is 84.9 Å². The summed E-state index contributed by atoms with van der Waals surface area (Å²) in [6.07, 6.45) is 0. The van der Waals surface area contributed by atoms with Crippen LogP contribution in [0.1, 0.15) is 10.4 Å². The second-order valence-corrected chi connectivity index (χ2v) is 11.4. The van der Waals surface area contributed by atoms with Gasteiger partial charge >= 0.3 is 125 Å². The van der Waals surface area contributed by atoms with Crippen molar-refractivity contribution in [1.29, 1.82) is 0 Å². The van der Waals surface area contributed by atoms with Crippen LogP contribution in [0.25, 0.3) is 0 Å². The molecule has 138 valence electrons. The number of carboxylic acid groups (broad SMARTS) is 1. The Kier molecular flexibility index (Phi) is 14.9. The van der Waals surface area contributed by atoms with Crippen molar-refractivity contribution in [2.75, 3.05) is 0 Å². The molecule has 0 aliphatic heterocycles. The van der Waals surface area contributed by atoms with Gasteiger partial charge in [0, 0.05) is 0 Å². The van der Waals surface area contributed by atoms with Crippen molar-refractivity contribution in [1.82, 2.24) is 0 Å². The summed E-state index contributed by atoms with van der Waals surface area (Å²) in [4.78, 5) is 18.6. The number of carbonyl (C=O) groups is 1. The van der Waals surface area contributed by atoms with E-state index in [9.17, 15) is 4.79 Å². The van der Waals surface area contributed by atoms with Gasteiger partial charge in [-0.05, 0) is 12.1 Å². The van der Waals surface area contributed by atoms with E-state index in [1.165, 1.54) is 18.3 Å². The third-order valence-corrected chi connectivity index (χ3v) is 6.49. The summed E-state index contributed by atoms with van der Waals surface area (Å²) >= 11 is 1.62. The van der Waals surface area contributed by atoms with Gasteiger partial charge in [-0.1, -0.05) is 12.1 Å². The minimum absolute atomic E-state index is 0.0671. The van der Waals surface area contributed by atoms with Crippen LogP contribution in [0.3, 0.4) is 0 Å². The van der Waals surface area contributed by atoms with Crippen molar-refractivity contribution in [2.45, 2.75) is 0 Å². The molecule has 3 rings (SSSR count). The fraction of sp³-hybridized carbons (Fsp3) is 0. The molecule has 3 aromatic carbocycles. The number of carboxylic acids is 1. The normalized spacial score (nSPS) is 8.57. The van der Waals surface area contributed by atoms with Crippen LogP contribution in [-0.2, 0) is 52.2 Å². The van der Waals surface area contributed by atoms with E-state index in [0.29, 0.717) is 0 Å². The molecule has 7 nitrogen and oxygen atoms in total. The Morgan fingerprint density at radius 1 is 0.786 bits per heavy atom. The number of hydrogen-bond acceptors (Lipinski definition) is 4. The van der Waals surface area contributed by atoms with Crippen LogP contribution < -0.4 is 6.14 Å². The van der Waals surface area contributed by atoms with Gasteiger partial charge in [-0.3, -0.25) is 0 Å². The van der Waals surface area contributed by atoms with Gasteiger partial charge in [0.1, 0.15) is 11.3 Å². The first kappa shape index (κ1) is 26.0. The van der Waals surface area contributed by atoms with Gasteiger partial charge in [0.05, 0.1) is 0 Å². The molecule has 0 atom stereocenters. The average molecular weight is 757 g/mol. The van der Waals surface area contributed by atoms with Crippen LogP contribution in [0.2, 0.25) is 0 Å². The second kappa shape index (κ2) is 16.0. The summed E-state index contributed by atoms with van der Waals surface area (Å²) in [5.41, 5.74) is -0.0671. The molecule has 9 heteroatoms. The SMILES string of the molecule is O=C(O)c1ccccc1O.O=[N+]([O-])O.[Hg][c]1ccccc1.[Hg][c]1ccccc1. The van der Waals surface area contributed by atoms with Gasteiger partial charge in [0.2, 0.25) is 0 Å². The maximum atomic E-state index is 10.3. The molecule has 0 saturated heterocycles. The van der Waals surface area contributed by atoms with Gasteiger partial charge < -0.3 is 15.4 Å². The van der Waals surface area contributed by atoms with Crippen LogP contribution in [0, 0.1) is 10.1 Å². The molecule has 0 spiro atoms. The van der Waals surface area contributed by atoms with Gasteiger partial charge in [-0.25, -0.2) is 4.79 Å². The Balaban J connectivity index is 0.000000364. The summed E-state index contributed by atoms with van der Waals surface area (Å²) in [7, 11) is 0. The molecule has 0 aromatic heterocycles. The van der Waals surface area contributed by atoms with E-state index in [0.717, 1.165) is 52.2 Å². The molecular formula is C19H17Hg2NO6. The van der Waals surface area contributed by atoms with E-state index < -0.39 is 11.1 Å². The Morgan fingerprint density at radius 2 is 1.11 bits per heavy atom. The van der Waals surface area contributed by atoms with Crippen LogP contribution >= 0.6 is 0 Å². The van der Waals surface area contributed by atoms with Gasteiger partial charge in [0.25, 0.3) is 5.09 Å². The number of benzene rings is 3. The zero-order valence-corrected chi connectivity index (χ0v) is 26.0. The number of aromatic hydroxyl groups is 1. The standard InChI is InChI=1S/C7H6O3.2C6H5.2Hg.HNO3/c8-6-4-2-1-3-5(6)7(9)10;2*1-2-4-6-5-3-1;;;2-1(3)4/h1-4,8H,(H,9,10);2*1-5H;;;(H,2,3,4). The second-order valence-electron chi connectivity index (χ2n) is 5.03. The van der Waals surface area contributed by atoms with E-state index in [2.05, 4.69) is 60.7 Å². The Hall–Kier alpha value is -2.00. The van der Waals surface area contributed by atoms with E-state index >= 15 is 0 Å². The van der Waals surface area contributed by atoms with Crippen LogP contribution in [0.4, 0.5) is 0 Å². The molecule has 0 unspecified atom stereocenters. The first-order valence-corrected chi connectivity index (χ1v) is 13.3. The molecule has 0 aliphatic carbocycles. The molecule has 3 N–H and O–H groups in total. The van der Waals surface area contributed by atoms with E-state index in [1.807, 2.05) is 0 Å². The monoisotopic (exact) mass is 759 g/mol. The fourth-order valence-electron chi connectivity index (χ4n) is 1.61. The topological polar surface area (TPSA) is 121 Å². The molecule has 0 radical (unpaired) electrons. The van der Waals surface area contributed by atoms with Gasteiger partial charge in [-0.2, -0.15) is 0 Å². The zero-order valence-electron chi connectivity index (χ0n) is 15.0. The summed E-state index contributed by atoms with van der Waals surface area (Å²) in [5, 5.41) is 30.9.